The fraction of sp³-hybridized carbons (Fsp3) is 0.704. The molecule has 1 aromatic carbocycles. The third-order valence-electron chi connectivity index (χ3n) is 7.38. The highest BCUT2D eigenvalue weighted by Gasteiger charge is 2.45. The minimum atomic E-state index is -2.14. The number of carbonyl (C=O) groups is 2. The molecular formula is C27H46N2O7Si. The van der Waals surface area contributed by atoms with Gasteiger partial charge < -0.3 is 33.5 Å². The van der Waals surface area contributed by atoms with Crippen molar-refractivity contribution < 1.29 is 33.3 Å². The molecule has 1 aromatic rings. The van der Waals surface area contributed by atoms with Crippen LogP contribution >= 0.6 is 0 Å². The van der Waals surface area contributed by atoms with Crippen molar-refractivity contribution >= 4 is 20.3 Å². The predicted molar refractivity (Wildman–Crippen MR) is 146 cm³/mol. The summed E-state index contributed by atoms with van der Waals surface area (Å²) in [6.07, 6.45) is -0.506. The van der Waals surface area contributed by atoms with E-state index >= 15 is 0 Å². The van der Waals surface area contributed by atoms with Crippen LogP contribution in [0.4, 0.5) is 4.79 Å². The Bertz CT molecular complexity index is 917. The van der Waals surface area contributed by atoms with E-state index in [4.69, 9.17) is 18.6 Å². The van der Waals surface area contributed by atoms with Crippen LogP contribution < -0.4 is 9.47 Å². The monoisotopic (exact) mass is 538 g/mol. The summed E-state index contributed by atoms with van der Waals surface area (Å²) >= 11 is 0. The van der Waals surface area contributed by atoms with Crippen LogP contribution in [0.3, 0.4) is 0 Å². The lowest BCUT2D eigenvalue weighted by Gasteiger charge is -2.40. The zero-order valence-electron chi connectivity index (χ0n) is 24.0. The van der Waals surface area contributed by atoms with Gasteiger partial charge in [-0.05, 0) is 50.2 Å². The van der Waals surface area contributed by atoms with E-state index in [1.54, 1.807) is 37.3 Å². The van der Waals surface area contributed by atoms with Crippen molar-refractivity contribution in [2.24, 2.45) is 5.92 Å². The summed E-state index contributed by atoms with van der Waals surface area (Å²) in [5.74, 6) is 0.796. The molecule has 10 heteroatoms. The van der Waals surface area contributed by atoms with Gasteiger partial charge in [0.2, 0.25) is 0 Å². The minimum Gasteiger partial charge on any atom is -0.493 e. The van der Waals surface area contributed by atoms with Gasteiger partial charge in [-0.15, -0.1) is 0 Å². The fourth-order valence-corrected chi connectivity index (χ4v) is 5.49. The van der Waals surface area contributed by atoms with Gasteiger partial charge in [-0.2, -0.15) is 0 Å². The van der Waals surface area contributed by atoms with E-state index in [9.17, 15) is 14.7 Å². The third kappa shape index (κ3) is 8.09. The molecule has 0 spiro atoms. The van der Waals surface area contributed by atoms with Crippen LogP contribution in [0.15, 0.2) is 18.2 Å². The molecule has 2 atom stereocenters. The highest BCUT2D eigenvalue weighted by atomic mass is 28.4. The second-order valence-electron chi connectivity index (χ2n) is 11.5. The molecule has 0 aliphatic carbocycles. The number of benzene rings is 1. The summed E-state index contributed by atoms with van der Waals surface area (Å²) in [6, 6.07) is 5.10. The zero-order chi connectivity index (χ0) is 28.0. The Balaban J connectivity index is 2.28. The lowest BCUT2D eigenvalue weighted by molar-refractivity contribution is 0.0608. The number of carbonyl (C=O) groups excluding carboxylic acids is 1. The van der Waals surface area contributed by atoms with Crippen molar-refractivity contribution in [2.45, 2.75) is 71.3 Å². The Kier molecular flexibility index (Phi) is 10.8. The molecule has 0 unspecified atom stereocenters. The molecular weight excluding hydrogens is 492 g/mol. The maximum atomic E-state index is 13.7. The van der Waals surface area contributed by atoms with Crippen LogP contribution in [-0.2, 0) is 9.16 Å². The molecule has 1 heterocycles. The summed E-state index contributed by atoms with van der Waals surface area (Å²) < 4.78 is 23.1. The van der Waals surface area contributed by atoms with Gasteiger partial charge in [0, 0.05) is 57.3 Å². The maximum Gasteiger partial charge on any atom is 0.407 e. The van der Waals surface area contributed by atoms with Gasteiger partial charge >= 0.3 is 6.09 Å². The van der Waals surface area contributed by atoms with Crippen molar-refractivity contribution in [2.75, 3.05) is 47.1 Å². The van der Waals surface area contributed by atoms with Crippen LogP contribution in [0.2, 0.25) is 18.1 Å². The van der Waals surface area contributed by atoms with Crippen molar-refractivity contribution in [1.82, 2.24) is 9.80 Å². The van der Waals surface area contributed by atoms with Gasteiger partial charge in [0.1, 0.15) is 0 Å². The molecule has 1 fully saturated rings. The quantitative estimate of drug-likeness (QED) is 0.297. The molecule has 0 aromatic heterocycles. The summed E-state index contributed by atoms with van der Waals surface area (Å²) in [5, 5.41) is 9.68. The average Bonchev–Trinajstić information content (AvgIpc) is 3.20. The Morgan fingerprint density at radius 3 is 2.35 bits per heavy atom. The van der Waals surface area contributed by atoms with Crippen molar-refractivity contribution in [3.8, 4) is 11.5 Å². The molecule has 0 radical (unpaired) electrons. The summed E-state index contributed by atoms with van der Waals surface area (Å²) in [5.41, 5.74) is 0.492. The first-order valence-corrected chi connectivity index (χ1v) is 15.9. The van der Waals surface area contributed by atoms with E-state index in [1.807, 2.05) is 13.8 Å². The SMILES string of the molecule is COCCCOc1cc(C(=O)N(C[C@@H]2CN(C(=O)O)C[C@H]2O[Si](C)(C)C(C)(C)C)C(C)C)ccc1OC. The standard InChI is InChI=1S/C27H46N2O7Si/c1-19(2)29(25(30)20-11-12-22(34-7)23(15-20)35-14-10-13-33-6)17-21-16-28(26(31)32)18-24(21)36-37(8,9)27(3,4)5/h11-12,15,19,21,24H,10,13-14,16-18H2,1-9H3,(H,31,32)/t21-,24+/m0/s1. The molecule has 1 N–H and O–H groups in total. The molecule has 1 aliphatic heterocycles. The number of carboxylic acid groups (broad SMARTS) is 1. The van der Waals surface area contributed by atoms with Gasteiger partial charge in [-0.25, -0.2) is 4.79 Å². The number of ether oxygens (including phenoxy) is 3. The van der Waals surface area contributed by atoms with Crippen LogP contribution in [0.5, 0.6) is 11.5 Å². The van der Waals surface area contributed by atoms with Gasteiger partial charge in [0.05, 0.1) is 19.8 Å². The fourth-order valence-electron chi connectivity index (χ4n) is 4.12. The maximum absolute atomic E-state index is 13.7. The largest absolute Gasteiger partial charge is 0.493 e. The summed E-state index contributed by atoms with van der Waals surface area (Å²) in [7, 11) is 1.06. The van der Waals surface area contributed by atoms with Gasteiger partial charge in [0.15, 0.2) is 19.8 Å². The zero-order valence-corrected chi connectivity index (χ0v) is 25.0. The second-order valence-corrected chi connectivity index (χ2v) is 16.2. The Hall–Kier alpha value is -2.30. The highest BCUT2D eigenvalue weighted by Crippen LogP contribution is 2.39. The molecule has 1 aliphatic rings. The number of methoxy groups -OCH3 is 2. The van der Waals surface area contributed by atoms with Gasteiger partial charge in [-0.3, -0.25) is 4.79 Å². The Morgan fingerprint density at radius 1 is 1.14 bits per heavy atom. The number of likely N-dealkylation sites (tertiary alicyclic amines) is 1. The van der Waals surface area contributed by atoms with Gasteiger partial charge in [0.25, 0.3) is 5.91 Å². The number of hydrogen-bond acceptors (Lipinski definition) is 6. The van der Waals surface area contributed by atoms with Crippen molar-refractivity contribution in [3.63, 3.8) is 0 Å². The number of amides is 2. The average molecular weight is 539 g/mol. The smallest absolute Gasteiger partial charge is 0.407 e. The van der Waals surface area contributed by atoms with Crippen LogP contribution in [-0.4, -0.2) is 94.4 Å². The van der Waals surface area contributed by atoms with Crippen molar-refractivity contribution in [1.29, 1.82) is 0 Å². The first-order chi connectivity index (χ1) is 17.2. The lowest BCUT2D eigenvalue weighted by atomic mass is 10.0. The van der Waals surface area contributed by atoms with Gasteiger partial charge in [-0.1, -0.05) is 20.8 Å². The summed E-state index contributed by atoms with van der Waals surface area (Å²) in [6.45, 7) is 16.8. The first-order valence-electron chi connectivity index (χ1n) is 13.0. The van der Waals surface area contributed by atoms with Crippen LogP contribution in [0.25, 0.3) is 0 Å². The summed E-state index contributed by atoms with van der Waals surface area (Å²) in [4.78, 5) is 28.7. The molecule has 2 rings (SSSR count). The molecule has 0 bridgehead atoms. The Morgan fingerprint density at radius 2 is 1.81 bits per heavy atom. The van der Waals surface area contributed by atoms with Crippen LogP contribution in [0.1, 0.15) is 51.4 Å². The van der Waals surface area contributed by atoms with Crippen molar-refractivity contribution in [3.05, 3.63) is 23.8 Å². The normalized spacial score (nSPS) is 18.3. The molecule has 9 nitrogen and oxygen atoms in total. The van der Waals surface area contributed by atoms with Crippen LogP contribution in [0, 0.1) is 5.92 Å². The molecule has 210 valence electrons. The second kappa shape index (κ2) is 13.0. The predicted octanol–water partition coefficient (Wildman–Crippen LogP) is 4.96. The van der Waals surface area contributed by atoms with E-state index in [0.717, 1.165) is 0 Å². The number of nitrogens with zero attached hydrogens (tertiary/aromatic N) is 2. The lowest BCUT2D eigenvalue weighted by Crippen LogP contribution is -2.48. The number of rotatable bonds is 12. The highest BCUT2D eigenvalue weighted by molar-refractivity contribution is 6.74. The van der Waals surface area contributed by atoms with E-state index < -0.39 is 14.4 Å². The van der Waals surface area contributed by atoms with E-state index in [2.05, 4.69) is 33.9 Å². The van der Waals surface area contributed by atoms with E-state index in [1.165, 1.54) is 4.90 Å². The minimum absolute atomic E-state index is 0.00943. The topological polar surface area (TPSA) is 97.8 Å². The third-order valence-corrected chi connectivity index (χ3v) is 11.9. The molecule has 1 saturated heterocycles. The van der Waals surface area contributed by atoms with E-state index in [0.29, 0.717) is 56.3 Å². The Labute approximate surface area is 223 Å². The molecule has 0 saturated carbocycles. The van der Waals surface area contributed by atoms with E-state index in [-0.39, 0.29) is 29.0 Å². The molecule has 2 amide bonds. The number of hydrogen-bond donors (Lipinski definition) is 1. The first kappa shape index (κ1) is 30.9. The molecule has 37 heavy (non-hydrogen) atoms.